The standard InChI is InChI=1S/C16H15F2NO/c1-9-6-10(2-4-13(9)18)16-8-14(19)12-7-11(17)3-5-15(12)20-16/h2-7,14,16H,8,19H2,1H3. The predicted molar refractivity (Wildman–Crippen MR) is 72.5 cm³/mol. The van der Waals surface area contributed by atoms with E-state index in [-0.39, 0.29) is 23.8 Å². The average Bonchev–Trinajstić information content (AvgIpc) is 2.42. The van der Waals surface area contributed by atoms with E-state index in [0.717, 1.165) is 5.56 Å². The Bertz CT molecular complexity index is 657. The van der Waals surface area contributed by atoms with Gasteiger partial charge >= 0.3 is 0 Å². The number of nitrogens with two attached hydrogens (primary N) is 1. The van der Waals surface area contributed by atoms with Crippen LogP contribution in [0.3, 0.4) is 0 Å². The van der Waals surface area contributed by atoms with Gasteiger partial charge in [-0.05, 0) is 48.4 Å². The molecule has 2 unspecified atom stereocenters. The van der Waals surface area contributed by atoms with Gasteiger partial charge < -0.3 is 10.5 Å². The summed E-state index contributed by atoms with van der Waals surface area (Å²) >= 11 is 0. The van der Waals surface area contributed by atoms with E-state index in [1.165, 1.54) is 18.2 Å². The molecule has 0 spiro atoms. The van der Waals surface area contributed by atoms with Crippen LogP contribution >= 0.6 is 0 Å². The molecule has 20 heavy (non-hydrogen) atoms. The van der Waals surface area contributed by atoms with E-state index < -0.39 is 0 Å². The van der Waals surface area contributed by atoms with Crippen LogP contribution in [0.2, 0.25) is 0 Å². The lowest BCUT2D eigenvalue weighted by atomic mass is 9.93. The Morgan fingerprint density at radius 1 is 1.15 bits per heavy atom. The molecule has 2 nitrogen and oxygen atoms in total. The SMILES string of the molecule is Cc1cc(C2CC(N)c3cc(F)ccc3O2)ccc1F. The van der Waals surface area contributed by atoms with Gasteiger partial charge in [-0.25, -0.2) is 8.78 Å². The molecule has 1 aliphatic heterocycles. The van der Waals surface area contributed by atoms with Gasteiger partial charge in [-0.2, -0.15) is 0 Å². The smallest absolute Gasteiger partial charge is 0.126 e. The molecule has 2 atom stereocenters. The number of fused-ring (bicyclic) bond motifs is 1. The zero-order chi connectivity index (χ0) is 14.3. The Morgan fingerprint density at radius 3 is 2.70 bits per heavy atom. The van der Waals surface area contributed by atoms with Gasteiger partial charge in [-0.1, -0.05) is 6.07 Å². The third-order valence-electron chi connectivity index (χ3n) is 3.66. The summed E-state index contributed by atoms with van der Waals surface area (Å²) in [6, 6.07) is 8.96. The molecule has 0 saturated heterocycles. The number of benzene rings is 2. The highest BCUT2D eigenvalue weighted by Crippen LogP contribution is 2.40. The Balaban J connectivity index is 1.94. The molecule has 0 aliphatic carbocycles. The van der Waals surface area contributed by atoms with Crippen molar-refractivity contribution in [1.82, 2.24) is 0 Å². The summed E-state index contributed by atoms with van der Waals surface area (Å²) in [7, 11) is 0. The minimum atomic E-state index is -0.320. The quantitative estimate of drug-likeness (QED) is 0.859. The van der Waals surface area contributed by atoms with Gasteiger partial charge in [0, 0.05) is 18.0 Å². The average molecular weight is 275 g/mol. The summed E-state index contributed by atoms with van der Waals surface area (Å²) in [6.07, 6.45) is 0.309. The first-order chi connectivity index (χ1) is 9.54. The summed E-state index contributed by atoms with van der Waals surface area (Å²) in [5.41, 5.74) is 8.23. The molecule has 2 aromatic carbocycles. The molecular formula is C16H15F2NO. The molecule has 0 saturated carbocycles. The van der Waals surface area contributed by atoms with Crippen LogP contribution in [0.4, 0.5) is 8.78 Å². The first-order valence-electron chi connectivity index (χ1n) is 6.52. The Morgan fingerprint density at radius 2 is 1.95 bits per heavy atom. The van der Waals surface area contributed by atoms with E-state index in [4.69, 9.17) is 10.5 Å². The summed E-state index contributed by atoms with van der Waals surface area (Å²) in [4.78, 5) is 0. The predicted octanol–water partition coefficient (Wildman–Crippen LogP) is 3.80. The lowest BCUT2D eigenvalue weighted by Crippen LogP contribution is -2.24. The van der Waals surface area contributed by atoms with Gasteiger partial charge in [0.05, 0.1) is 0 Å². The van der Waals surface area contributed by atoms with Crippen molar-refractivity contribution in [2.75, 3.05) is 0 Å². The molecule has 0 radical (unpaired) electrons. The van der Waals surface area contributed by atoms with Crippen LogP contribution < -0.4 is 10.5 Å². The number of halogens is 2. The van der Waals surface area contributed by atoms with Gasteiger partial charge in [0.15, 0.2) is 0 Å². The maximum absolute atomic E-state index is 13.3. The van der Waals surface area contributed by atoms with Gasteiger partial charge in [-0.15, -0.1) is 0 Å². The molecule has 1 heterocycles. The maximum atomic E-state index is 13.3. The van der Waals surface area contributed by atoms with E-state index >= 15 is 0 Å². The van der Waals surface area contributed by atoms with E-state index in [0.29, 0.717) is 23.3 Å². The number of rotatable bonds is 1. The molecule has 4 heteroatoms. The van der Waals surface area contributed by atoms with Gasteiger partial charge in [0.2, 0.25) is 0 Å². The highest BCUT2D eigenvalue weighted by molar-refractivity contribution is 5.40. The molecule has 0 amide bonds. The van der Waals surface area contributed by atoms with Crippen molar-refractivity contribution in [2.24, 2.45) is 5.73 Å². The molecule has 1 aliphatic rings. The Labute approximate surface area is 116 Å². The summed E-state index contributed by atoms with van der Waals surface area (Å²) in [5, 5.41) is 0. The van der Waals surface area contributed by atoms with Crippen molar-refractivity contribution in [3.63, 3.8) is 0 Å². The fourth-order valence-corrected chi connectivity index (χ4v) is 2.55. The molecule has 0 aromatic heterocycles. The summed E-state index contributed by atoms with van der Waals surface area (Å²) in [6.45, 7) is 1.71. The number of hydrogen-bond acceptors (Lipinski definition) is 2. The molecular weight excluding hydrogens is 260 g/mol. The van der Waals surface area contributed by atoms with Gasteiger partial charge in [0.1, 0.15) is 23.5 Å². The van der Waals surface area contributed by atoms with Crippen molar-refractivity contribution in [2.45, 2.75) is 25.5 Å². The largest absolute Gasteiger partial charge is 0.485 e. The number of aryl methyl sites for hydroxylation is 1. The Kier molecular flexibility index (Phi) is 3.18. The fraction of sp³-hybridized carbons (Fsp3) is 0.250. The van der Waals surface area contributed by atoms with E-state index in [1.54, 1.807) is 25.1 Å². The second kappa shape index (κ2) is 4.87. The molecule has 3 rings (SSSR count). The van der Waals surface area contributed by atoms with Crippen molar-refractivity contribution >= 4 is 0 Å². The highest BCUT2D eigenvalue weighted by Gasteiger charge is 2.27. The second-order valence-corrected chi connectivity index (χ2v) is 5.14. The first-order valence-corrected chi connectivity index (χ1v) is 6.52. The molecule has 0 fully saturated rings. The number of ether oxygens (including phenoxy) is 1. The first kappa shape index (κ1) is 13.1. The molecule has 2 aromatic rings. The second-order valence-electron chi connectivity index (χ2n) is 5.14. The zero-order valence-electron chi connectivity index (χ0n) is 11.1. The lowest BCUT2D eigenvalue weighted by Gasteiger charge is -2.30. The van der Waals surface area contributed by atoms with Crippen LogP contribution in [-0.4, -0.2) is 0 Å². The van der Waals surface area contributed by atoms with Crippen LogP contribution in [0, 0.1) is 18.6 Å². The van der Waals surface area contributed by atoms with E-state index in [9.17, 15) is 8.78 Å². The van der Waals surface area contributed by atoms with E-state index in [1.807, 2.05) is 0 Å². The molecule has 2 N–H and O–H groups in total. The van der Waals surface area contributed by atoms with Crippen LogP contribution in [-0.2, 0) is 0 Å². The van der Waals surface area contributed by atoms with E-state index in [2.05, 4.69) is 0 Å². The van der Waals surface area contributed by atoms with Crippen LogP contribution in [0.5, 0.6) is 5.75 Å². The third kappa shape index (κ3) is 2.27. The van der Waals surface area contributed by atoms with Gasteiger partial charge in [-0.3, -0.25) is 0 Å². The minimum Gasteiger partial charge on any atom is -0.485 e. The van der Waals surface area contributed by atoms with Crippen LogP contribution in [0.25, 0.3) is 0 Å². The summed E-state index contributed by atoms with van der Waals surface area (Å²) in [5.74, 6) is 0.0346. The Hall–Kier alpha value is -1.94. The summed E-state index contributed by atoms with van der Waals surface area (Å²) < 4.78 is 32.4. The lowest BCUT2D eigenvalue weighted by molar-refractivity contribution is 0.161. The van der Waals surface area contributed by atoms with Crippen LogP contribution in [0.15, 0.2) is 36.4 Å². The highest BCUT2D eigenvalue weighted by atomic mass is 19.1. The zero-order valence-corrected chi connectivity index (χ0v) is 11.1. The molecule has 0 bridgehead atoms. The fourth-order valence-electron chi connectivity index (χ4n) is 2.55. The van der Waals surface area contributed by atoms with Crippen molar-refractivity contribution < 1.29 is 13.5 Å². The topological polar surface area (TPSA) is 35.2 Å². The maximum Gasteiger partial charge on any atom is 0.126 e. The monoisotopic (exact) mass is 275 g/mol. The van der Waals surface area contributed by atoms with Crippen LogP contribution in [0.1, 0.15) is 35.3 Å². The van der Waals surface area contributed by atoms with Crippen molar-refractivity contribution in [1.29, 1.82) is 0 Å². The van der Waals surface area contributed by atoms with Gasteiger partial charge in [0.25, 0.3) is 0 Å². The normalized spacial score (nSPS) is 21.2. The van der Waals surface area contributed by atoms with Crippen molar-refractivity contribution in [3.05, 3.63) is 64.7 Å². The third-order valence-corrected chi connectivity index (χ3v) is 3.66. The molecule has 104 valence electrons. The van der Waals surface area contributed by atoms with Crippen molar-refractivity contribution in [3.8, 4) is 5.75 Å². The number of hydrogen-bond donors (Lipinski definition) is 1. The minimum absolute atomic E-state index is 0.234.